The largest absolute Gasteiger partial charge is 0.465 e. The highest BCUT2D eigenvalue weighted by Gasteiger charge is 2.52. The maximum absolute atomic E-state index is 14.1. The van der Waals surface area contributed by atoms with E-state index in [9.17, 15) is 35.2 Å². The molecule has 0 aromatic heterocycles. The topological polar surface area (TPSA) is 63.7 Å². The average Bonchev–Trinajstić information content (AvgIpc) is 2.44. The second kappa shape index (κ2) is 6.79. The van der Waals surface area contributed by atoms with E-state index in [2.05, 4.69) is 4.74 Å². The number of ether oxygens (including phenoxy) is 1. The summed E-state index contributed by atoms with van der Waals surface area (Å²) in [5, 5.41) is -4.92. The van der Waals surface area contributed by atoms with E-state index in [0.29, 0.717) is 7.05 Å². The van der Waals surface area contributed by atoms with Crippen molar-refractivity contribution in [2.24, 2.45) is 0 Å². The smallest absolute Gasteiger partial charge is 0.387 e. The third-order valence-corrected chi connectivity index (χ3v) is 4.56. The van der Waals surface area contributed by atoms with Crippen molar-refractivity contribution in [1.82, 2.24) is 4.31 Å². The van der Waals surface area contributed by atoms with E-state index in [1.54, 1.807) is 0 Å². The summed E-state index contributed by atoms with van der Waals surface area (Å²) in [5.74, 6) is -7.42. The fourth-order valence-corrected chi connectivity index (χ4v) is 2.66. The van der Waals surface area contributed by atoms with Crippen molar-refractivity contribution in [3.63, 3.8) is 0 Å². The molecule has 0 N–H and O–H groups in total. The Kier molecular flexibility index (Phi) is 5.69. The maximum Gasteiger partial charge on any atom is 0.387 e. The molecule has 5 nitrogen and oxygen atoms in total. The summed E-state index contributed by atoms with van der Waals surface area (Å²) in [7, 11) is -4.95. The number of benzene rings is 1. The molecule has 0 fully saturated rings. The summed E-state index contributed by atoms with van der Waals surface area (Å²) in [6.07, 6.45) is 0. The zero-order valence-corrected chi connectivity index (χ0v) is 12.8. The first-order chi connectivity index (χ1) is 10.5. The van der Waals surface area contributed by atoms with Crippen molar-refractivity contribution in [2.75, 3.05) is 20.2 Å². The van der Waals surface area contributed by atoms with Gasteiger partial charge in [0.2, 0.25) is 0 Å². The van der Waals surface area contributed by atoms with Crippen molar-refractivity contribution < 1.29 is 39.9 Å². The van der Waals surface area contributed by atoms with Crippen LogP contribution in [0.1, 0.15) is 12.5 Å². The molecular weight excluding hydrogens is 349 g/mol. The van der Waals surface area contributed by atoms with Crippen LogP contribution in [0.15, 0.2) is 12.1 Å². The minimum absolute atomic E-state index is 0.0638. The van der Waals surface area contributed by atoms with Crippen LogP contribution >= 0.6 is 0 Å². The van der Waals surface area contributed by atoms with Gasteiger partial charge >= 0.3 is 11.2 Å². The van der Waals surface area contributed by atoms with Crippen LogP contribution in [-0.2, 0) is 24.8 Å². The van der Waals surface area contributed by atoms with Gasteiger partial charge in [-0.15, -0.1) is 0 Å². The predicted octanol–water partition coefficient (Wildman–Crippen LogP) is 1.98. The molecule has 0 saturated carbocycles. The van der Waals surface area contributed by atoms with Crippen molar-refractivity contribution in [3.8, 4) is 0 Å². The normalized spacial score (nSPS) is 12.5. The number of alkyl halides is 2. The first kappa shape index (κ1) is 19.3. The van der Waals surface area contributed by atoms with Gasteiger partial charge in [0.15, 0.2) is 17.5 Å². The van der Waals surface area contributed by atoms with E-state index < -0.39 is 50.8 Å². The molecule has 0 aliphatic heterocycles. The Bertz CT molecular complexity index is 708. The van der Waals surface area contributed by atoms with Crippen LogP contribution in [-0.4, -0.2) is 38.9 Å². The minimum atomic E-state index is -5.59. The molecule has 0 aliphatic carbocycles. The van der Waals surface area contributed by atoms with Crippen LogP contribution in [0.25, 0.3) is 0 Å². The molecule has 0 saturated heterocycles. The summed E-state index contributed by atoms with van der Waals surface area (Å²) in [4.78, 5) is 11.2. The summed E-state index contributed by atoms with van der Waals surface area (Å²) < 4.78 is 95.5. The van der Waals surface area contributed by atoms with Crippen molar-refractivity contribution >= 4 is 16.0 Å². The standard InChI is InChI=1S/C12H12F5NO4S/c1-3-22-9(19)6-18(2)23(20,21)12(16,17)7-4-5-8(13)11(15)10(7)14/h4-5H,3,6H2,1-2H3. The van der Waals surface area contributed by atoms with Gasteiger partial charge in [0.25, 0.3) is 10.0 Å². The summed E-state index contributed by atoms with van der Waals surface area (Å²) in [6.45, 7) is 0.246. The Balaban J connectivity index is 3.25. The Hall–Kier alpha value is -1.75. The van der Waals surface area contributed by atoms with Gasteiger partial charge in [-0.05, 0) is 19.1 Å². The summed E-state index contributed by atoms with van der Waals surface area (Å²) in [6, 6.07) is 0.284. The highest BCUT2D eigenvalue weighted by atomic mass is 32.2. The number of rotatable bonds is 6. The number of carbonyl (C=O) groups excluding carboxylic acids is 1. The SMILES string of the molecule is CCOC(=O)CN(C)S(=O)(=O)C(F)(F)c1ccc(F)c(F)c1F. The molecule has 1 rings (SSSR count). The monoisotopic (exact) mass is 361 g/mol. The van der Waals surface area contributed by atoms with Gasteiger partial charge in [-0.3, -0.25) is 4.79 Å². The molecule has 1 aromatic rings. The summed E-state index contributed by atoms with van der Waals surface area (Å²) in [5.41, 5.74) is -1.87. The van der Waals surface area contributed by atoms with Crippen molar-refractivity contribution in [3.05, 3.63) is 35.1 Å². The van der Waals surface area contributed by atoms with Crippen LogP contribution in [0, 0.1) is 17.5 Å². The quantitative estimate of drug-likeness (QED) is 0.442. The lowest BCUT2D eigenvalue weighted by molar-refractivity contribution is -0.143. The lowest BCUT2D eigenvalue weighted by Gasteiger charge is -2.24. The molecule has 23 heavy (non-hydrogen) atoms. The number of hydrogen-bond acceptors (Lipinski definition) is 4. The van der Waals surface area contributed by atoms with Gasteiger partial charge in [0.05, 0.1) is 12.2 Å². The van der Waals surface area contributed by atoms with E-state index in [-0.39, 0.29) is 23.0 Å². The lowest BCUT2D eigenvalue weighted by Crippen LogP contribution is -2.42. The Labute approximate surface area is 128 Å². The van der Waals surface area contributed by atoms with Crippen LogP contribution in [0.2, 0.25) is 0 Å². The van der Waals surface area contributed by atoms with Crippen LogP contribution in [0.4, 0.5) is 22.0 Å². The van der Waals surface area contributed by atoms with E-state index >= 15 is 0 Å². The molecule has 0 bridgehead atoms. The van der Waals surface area contributed by atoms with Gasteiger partial charge in [0.1, 0.15) is 6.54 Å². The Morgan fingerprint density at radius 3 is 2.30 bits per heavy atom. The third-order valence-electron chi connectivity index (χ3n) is 2.74. The van der Waals surface area contributed by atoms with Crippen LogP contribution in [0.5, 0.6) is 0 Å². The number of nitrogens with zero attached hydrogens (tertiary/aromatic N) is 1. The Morgan fingerprint density at radius 2 is 1.78 bits per heavy atom. The van der Waals surface area contributed by atoms with Gasteiger partial charge in [-0.1, -0.05) is 0 Å². The van der Waals surface area contributed by atoms with E-state index in [1.165, 1.54) is 6.92 Å². The van der Waals surface area contributed by atoms with Gasteiger partial charge in [-0.2, -0.15) is 13.1 Å². The molecular formula is C12H12F5NO4S. The van der Waals surface area contributed by atoms with Gasteiger partial charge in [0, 0.05) is 7.05 Å². The van der Waals surface area contributed by atoms with Gasteiger partial charge < -0.3 is 4.74 Å². The molecule has 130 valence electrons. The zero-order valence-electron chi connectivity index (χ0n) is 11.9. The molecule has 0 amide bonds. The average molecular weight is 361 g/mol. The molecule has 0 heterocycles. The van der Waals surface area contributed by atoms with Gasteiger partial charge in [-0.25, -0.2) is 21.6 Å². The van der Waals surface area contributed by atoms with Crippen molar-refractivity contribution in [2.45, 2.75) is 12.2 Å². The summed E-state index contributed by atoms with van der Waals surface area (Å²) >= 11 is 0. The molecule has 0 radical (unpaired) electrons. The first-order valence-corrected chi connectivity index (χ1v) is 7.54. The predicted molar refractivity (Wildman–Crippen MR) is 68.4 cm³/mol. The maximum atomic E-state index is 14.1. The highest BCUT2D eigenvalue weighted by Crippen LogP contribution is 2.38. The minimum Gasteiger partial charge on any atom is -0.465 e. The van der Waals surface area contributed by atoms with Crippen LogP contribution < -0.4 is 0 Å². The zero-order chi connectivity index (χ0) is 18.0. The van der Waals surface area contributed by atoms with Crippen LogP contribution in [0.3, 0.4) is 0 Å². The molecule has 0 spiro atoms. The first-order valence-electron chi connectivity index (χ1n) is 6.10. The number of esters is 1. The molecule has 1 aromatic carbocycles. The number of hydrogen-bond donors (Lipinski definition) is 0. The number of carbonyl (C=O) groups is 1. The number of halogens is 5. The van der Waals surface area contributed by atoms with E-state index in [1.807, 2.05) is 0 Å². The second-order valence-corrected chi connectivity index (χ2v) is 6.39. The third kappa shape index (κ3) is 3.61. The molecule has 0 aliphatic rings. The fraction of sp³-hybridized carbons (Fsp3) is 0.417. The van der Waals surface area contributed by atoms with E-state index in [4.69, 9.17) is 0 Å². The lowest BCUT2D eigenvalue weighted by atomic mass is 10.2. The molecule has 11 heteroatoms. The Morgan fingerprint density at radius 1 is 1.22 bits per heavy atom. The second-order valence-electron chi connectivity index (χ2n) is 4.31. The number of sulfonamides is 1. The molecule has 0 atom stereocenters. The number of likely N-dealkylation sites (N-methyl/N-ethyl adjacent to an activating group) is 1. The van der Waals surface area contributed by atoms with E-state index in [0.717, 1.165) is 0 Å². The fourth-order valence-electron chi connectivity index (χ4n) is 1.56. The highest BCUT2D eigenvalue weighted by molar-refractivity contribution is 7.89. The molecule has 0 unspecified atom stereocenters. The van der Waals surface area contributed by atoms with Crippen molar-refractivity contribution in [1.29, 1.82) is 0 Å².